The summed E-state index contributed by atoms with van der Waals surface area (Å²) >= 11 is 0. The molecule has 0 heterocycles. The van der Waals surface area contributed by atoms with E-state index in [-0.39, 0.29) is 0 Å². The molecule has 3 nitrogen and oxygen atoms in total. The van der Waals surface area contributed by atoms with Crippen LogP contribution >= 0.6 is 0 Å². The molecule has 2 saturated carbocycles. The van der Waals surface area contributed by atoms with Gasteiger partial charge in [0.1, 0.15) is 11.6 Å². The molecule has 3 heteroatoms. The summed E-state index contributed by atoms with van der Waals surface area (Å²) in [6, 6.07) is 0. The van der Waals surface area contributed by atoms with Gasteiger partial charge < -0.3 is 5.32 Å². The van der Waals surface area contributed by atoms with Crippen LogP contribution in [0.25, 0.3) is 0 Å². The molecule has 0 aromatic heterocycles. The number of carbonyl (C=O) groups excluding carboxylic acids is 2. The average molecular weight is 293 g/mol. The minimum atomic E-state index is 0.324. The molecule has 2 aliphatic carbocycles. The molecule has 0 atom stereocenters. The average Bonchev–Trinajstić information content (AvgIpc) is 2.55. The fraction of sp³-hybridized carbons (Fsp3) is 0.889. The fourth-order valence-electron chi connectivity index (χ4n) is 3.81. The second-order valence-corrected chi connectivity index (χ2v) is 6.85. The van der Waals surface area contributed by atoms with E-state index in [0.29, 0.717) is 36.2 Å². The van der Waals surface area contributed by atoms with Crippen molar-refractivity contribution in [3.05, 3.63) is 0 Å². The Hall–Kier alpha value is -0.700. The highest BCUT2D eigenvalue weighted by Gasteiger charge is 2.21. The smallest absolute Gasteiger partial charge is 0.137 e. The quantitative estimate of drug-likeness (QED) is 0.695. The molecule has 0 unspecified atom stereocenters. The largest absolute Gasteiger partial charge is 0.316 e. The van der Waals surface area contributed by atoms with Crippen LogP contribution in [0.15, 0.2) is 0 Å². The summed E-state index contributed by atoms with van der Waals surface area (Å²) in [5, 5.41) is 3.28. The Bertz CT molecular complexity index is 296. The van der Waals surface area contributed by atoms with Crippen LogP contribution in [-0.4, -0.2) is 24.7 Å². The first-order valence-corrected chi connectivity index (χ1v) is 9.03. The van der Waals surface area contributed by atoms with Crippen molar-refractivity contribution in [1.29, 1.82) is 0 Å². The van der Waals surface area contributed by atoms with Crippen LogP contribution in [0.5, 0.6) is 0 Å². The highest BCUT2D eigenvalue weighted by molar-refractivity contribution is 5.81. The Balaban J connectivity index is 1.51. The van der Waals surface area contributed by atoms with E-state index < -0.39 is 0 Å². The first-order valence-electron chi connectivity index (χ1n) is 9.03. The Kier molecular flexibility index (Phi) is 7.42. The monoisotopic (exact) mass is 293 g/mol. The van der Waals surface area contributed by atoms with Gasteiger partial charge in [0.05, 0.1) is 0 Å². The summed E-state index contributed by atoms with van der Waals surface area (Å²) in [6.45, 7) is 1.49. The summed E-state index contributed by atoms with van der Waals surface area (Å²) in [5.41, 5.74) is 0. The lowest BCUT2D eigenvalue weighted by Gasteiger charge is -2.21. The molecule has 0 bridgehead atoms. The first kappa shape index (κ1) is 16.7. The van der Waals surface area contributed by atoms with Crippen molar-refractivity contribution in [2.45, 2.75) is 77.0 Å². The van der Waals surface area contributed by atoms with Gasteiger partial charge in [-0.3, -0.25) is 9.59 Å². The third kappa shape index (κ3) is 5.90. The highest BCUT2D eigenvalue weighted by atomic mass is 16.1. The summed E-state index contributed by atoms with van der Waals surface area (Å²) < 4.78 is 0. The van der Waals surface area contributed by atoms with Crippen molar-refractivity contribution < 1.29 is 9.59 Å². The zero-order valence-corrected chi connectivity index (χ0v) is 13.4. The molecule has 2 fully saturated rings. The van der Waals surface area contributed by atoms with Gasteiger partial charge in [0.15, 0.2) is 0 Å². The summed E-state index contributed by atoms with van der Waals surface area (Å²) in [5.74, 6) is 1.51. The van der Waals surface area contributed by atoms with Crippen molar-refractivity contribution in [2.75, 3.05) is 13.1 Å². The summed E-state index contributed by atoms with van der Waals surface area (Å²) in [6.07, 6.45) is 13.1. The molecule has 120 valence electrons. The van der Waals surface area contributed by atoms with Crippen molar-refractivity contribution in [1.82, 2.24) is 5.32 Å². The molecule has 21 heavy (non-hydrogen) atoms. The highest BCUT2D eigenvalue weighted by Crippen LogP contribution is 2.26. The topological polar surface area (TPSA) is 46.2 Å². The van der Waals surface area contributed by atoms with Gasteiger partial charge in [-0.25, -0.2) is 0 Å². The van der Waals surface area contributed by atoms with Crippen molar-refractivity contribution in [3.8, 4) is 0 Å². The maximum absolute atomic E-state index is 12.0. The van der Waals surface area contributed by atoms with Crippen molar-refractivity contribution in [3.63, 3.8) is 0 Å². The van der Waals surface area contributed by atoms with Gasteiger partial charge in [-0.2, -0.15) is 0 Å². The van der Waals surface area contributed by atoms with Crippen LogP contribution in [0.4, 0.5) is 0 Å². The molecule has 0 radical (unpaired) electrons. The van der Waals surface area contributed by atoms with E-state index >= 15 is 0 Å². The van der Waals surface area contributed by atoms with E-state index in [0.717, 1.165) is 38.8 Å². The van der Waals surface area contributed by atoms with E-state index in [4.69, 9.17) is 0 Å². The van der Waals surface area contributed by atoms with Crippen LogP contribution in [0.1, 0.15) is 77.0 Å². The third-order valence-corrected chi connectivity index (χ3v) is 5.22. The SMILES string of the molecule is O=C(CCNCCC(=O)C1CCCCC1)C1CCCCC1. The molecule has 0 aromatic rings. The minimum absolute atomic E-state index is 0.324. The van der Waals surface area contributed by atoms with E-state index in [1.54, 1.807) is 0 Å². The lowest BCUT2D eigenvalue weighted by Crippen LogP contribution is -2.27. The Morgan fingerprint density at radius 1 is 0.667 bits per heavy atom. The number of carbonyl (C=O) groups is 2. The Labute approximate surface area is 129 Å². The summed E-state index contributed by atoms with van der Waals surface area (Å²) in [7, 11) is 0. The predicted molar refractivity (Wildman–Crippen MR) is 85.3 cm³/mol. The molecule has 0 aliphatic heterocycles. The van der Waals surface area contributed by atoms with Gasteiger partial charge in [-0.15, -0.1) is 0 Å². The van der Waals surface area contributed by atoms with Crippen molar-refractivity contribution in [2.24, 2.45) is 11.8 Å². The van der Waals surface area contributed by atoms with E-state index in [9.17, 15) is 9.59 Å². The Morgan fingerprint density at radius 2 is 1.05 bits per heavy atom. The van der Waals surface area contributed by atoms with E-state index in [2.05, 4.69) is 5.32 Å². The lowest BCUT2D eigenvalue weighted by molar-refractivity contribution is -0.124. The van der Waals surface area contributed by atoms with Gasteiger partial charge in [0.25, 0.3) is 0 Å². The van der Waals surface area contributed by atoms with Gasteiger partial charge in [-0.1, -0.05) is 38.5 Å². The van der Waals surface area contributed by atoms with Crippen molar-refractivity contribution >= 4 is 11.6 Å². The zero-order valence-electron chi connectivity index (χ0n) is 13.4. The standard InChI is InChI=1S/C18H31NO2/c20-17(15-7-3-1-4-8-15)11-13-19-14-12-18(21)16-9-5-2-6-10-16/h15-16,19H,1-14H2. The molecule has 2 rings (SSSR count). The second-order valence-electron chi connectivity index (χ2n) is 6.85. The predicted octanol–water partition coefficient (Wildman–Crippen LogP) is 3.66. The second kappa shape index (κ2) is 9.34. The fourth-order valence-corrected chi connectivity index (χ4v) is 3.81. The normalized spacial score (nSPS) is 21.3. The lowest BCUT2D eigenvalue weighted by atomic mass is 9.85. The molecular formula is C18H31NO2. The molecule has 0 spiro atoms. The molecule has 2 aliphatic rings. The number of ketones is 2. The van der Waals surface area contributed by atoms with Gasteiger partial charge in [0.2, 0.25) is 0 Å². The van der Waals surface area contributed by atoms with Gasteiger partial charge >= 0.3 is 0 Å². The number of hydrogen-bond acceptors (Lipinski definition) is 3. The molecule has 0 aromatic carbocycles. The molecule has 0 amide bonds. The van der Waals surface area contributed by atoms with Gasteiger partial charge in [0, 0.05) is 37.8 Å². The van der Waals surface area contributed by atoms with E-state index in [1.807, 2.05) is 0 Å². The zero-order chi connectivity index (χ0) is 14.9. The number of hydrogen-bond donors (Lipinski definition) is 1. The summed E-state index contributed by atoms with van der Waals surface area (Å²) in [4.78, 5) is 24.1. The molecule has 0 saturated heterocycles. The number of rotatable bonds is 8. The Morgan fingerprint density at radius 3 is 1.43 bits per heavy atom. The molecular weight excluding hydrogens is 262 g/mol. The number of nitrogens with one attached hydrogen (secondary N) is 1. The first-order chi connectivity index (χ1) is 10.3. The third-order valence-electron chi connectivity index (χ3n) is 5.22. The van der Waals surface area contributed by atoms with Crippen LogP contribution in [-0.2, 0) is 9.59 Å². The molecule has 1 N–H and O–H groups in total. The van der Waals surface area contributed by atoms with Crippen LogP contribution in [0.3, 0.4) is 0 Å². The van der Waals surface area contributed by atoms with E-state index in [1.165, 1.54) is 38.5 Å². The van der Waals surface area contributed by atoms with Crippen LogP contribution in [0.2, 0.25) is 0 Å². The van der Waals surface area contributed by atoms with Gasteiger partial charge in [-0.05, 0) is 25.7 Å². The van der Waals surface area contributed by atoms with Crippen LogP contribution < -0.4 is 5.32 Å². The number of Topliss-reactive ketones (excluding diaryl/α,β-unsaturated/α-hetero) is 2. The minimum Gasteiger partial charge on any atom is -0.316 e. The maximum Gasteiger partial charge on any atom is 0.137 e. The maximum atomic E-state index is 12.0. The van der Waals surface area contributed by atoms with Crippen LogP contribution in [0, 0.1) is 11.8 Å².